The monoisotopic (exact) mass is 525 g/mol. The number of allylic oxidation sites excluding steroid dienone is 10. The molecule has 9 heteroatoms. The minimum Gasteiger partial charge on any atom is -0.391 e. The van der Waals surface area contributed by atoms with E-state index in [4.69, 9.17) is 0 Å². The molecule has 2 aliphatic heterocycles. The largest absolute Gasteiger partial charge is 0.391 e. The third kappa shape index (κ3) is 11.9. The summed E-state index contributed by atoms with van der Waals surface area (Å²) in [7, 11) is 0. The Morgan fingerprint density at radius 3 is 2.16 bits per heavy atom. The van der Waals surface area contributed by atoms with E-state index in [9.17, 15) is 19.8 Å². The molecule has 208 valence electrons. The number of amides is 2. The molecule has 0 saturated carbocycles. The van der Waals surface area contributed by atoms with Gasteiger partial charge in [-0.25, -0.2) is 0 Å². The van der Waals surface area contributed by atoms with Gasteiger partial charge in [0.2, 0.25) is 11.9 Å². The zero-order valence-corrected chi connectivity index (χ0v) is 22.6. The van der Waals surface area contributed by atoms with Crippen LogP contribution in [0.15, 0.2) is 70.7 Å². The molecule has 0 aromatic heterocycles. The summed E-state index contributed by atoms with van der Waals surface area (Å²) in [4.78, 5) is 33.2. The maximum Gasteiger partial charge on any atom is 0.251 e. The van der Waals surface area contributed by atoms with Crippen LogP contribution in [0, 0.1) is 0 Å². The van der Waals surface area contributed by atoms with Crippen LogP contribution in [-0.4, -0.2) is 64.7 Å². The summed E-state index contributed by atoms with van der Waals surface area (Å²) >= 11 is 0. The van der Waals surface area contributed by atoms with E-state index in [1.807, 2.05) is 0 Å². The lowest BCUT2D eigenvalue weighted by molar-refractivity contribution is -0.121. The lowest BCUT2D eigenvalue weighted by atomic mass is 10.0. The number of rotatable bonds is 15. The summed E-state index contributed by atoms with van der Waals surface area (Å²) in [6, 6.07) is -1.39. The van der Waals surface area contributed by atoms with Gasteiger partial charge in [-0.15, -0.1) is 0 Å². The topological polar surface area (TPSA) is 135 Å². The molecule has 1 unspecified atom stereocenters. The Hall–Kier alpha value is -3.14. The lowest BCUT2D eigenvalue weighted by Gasteiger charge is -2.34. The Bertz CT molecular complexity index is 962. The van der Waals surface area contributed by atoms with Crippen LogP contribution in [0.2, 0.25) is 0 Å². The van der Waals surface area contributed by atoms with E-state index in [0.717, 1.165) is 38.5 Å². The highest BCUT2D eigenvalue weighted by Gasteiger charge is 2.38. The third-order valence-corrected chi connectivity index (χ3v) is 5.92. The Morgan fingerprint density at radius 1 is 1.00 bits per heavy atom. The maximum absolute atomic E-state index is 12.4. The SMILES string of the molecule is CCC=CCC=CCC=CCC=CCC=CCCCC(=O)NC1=NC2=NC[C@H]([C@@H](O)[C@H](C)O)NC2C(=O)N1. The summed E-state index contributed by atoms with van der Waals surface area (Å²) in [5, 5.41) is 27.7. The number of unbranched alkanes of at least 4 members (excludes halogenated alkanes) is 1. The molecule has 0 aromatic carbocycles. The Morgan fingerprint density at radius 2 is 1.58 bits per heavy atom. The first-order valence-electron chi connectivity index (χ1n) is 13.5. The second kappa shape index (κ2) is 18.2. The Kier molecular flexibility index (Phi) is 14.9. The number of aliphatic hydroxyl groups is 2. The van der Waals surface area contributed by atoms with Gasteiger partial charge in [0.1, 0.15) is 6.04 Å². The number of aliphatic imine (C=N–C) groups is 2. The van der Waals surface area contributed by atoms with E-state index >= 15 is 0 Å². The van der Waals surface area contributed by atoms with Gasteiger partial charge in [-0.2, -0.15) is 4.99 Å². The zero-order chi connectivity index (χ0) is 27.6. The number of carbonyl (C=O) groups excluding carboxylic acids is 2. The van der Waals surface area contributed by atoms with Crippen LogP contribution in [0.3, 0.4) is 0 Å². The van der Waals surface area contributed by atoms with Gasteiger partial charge in [-0.3, -0.25) is 30.5 Å². The summed E-state index contributed by atoms with van der Waals surface area (Å²) in [5.41, 5.74) is 0. The first kappa shape index (κ1) is 31.1. The van der Waals surface area contributed by atoms with Crippen LogP contribution in [0.4, 0.5) is 0 Å². The number of carbonyl (C=O) groups is 2. The summed E-state index contributed by atoms with van der Waals surface area (Å²) < 4.78 is 0. The second-order valence-corrected chi connectivity index (χ2v) is 9.23. The second-order valence-electron chi connectivity index (χ2n) is 9.23. The highest BCUT2D eigenvalue weighted by Crippen LogP contribution is 2.11. The van der Waals surface area contributed by atoms with Crippen LogP contribution >= 0.6 is 0 Å². The molecular formula is C29H43N5O4. The van der Waals surface area contributed by atoms with Crippen molar-refractivity contribution in [2.75, 3.05) is 6.54 Å². The lowest BCUT2D eigenvalue weighted by Crippen LogP contribution is -2.64. The van der Waals surface area contributed by atoms with Crippen molar-refractivity contribution in [3.8, 4) is 0 Å². The minimum atomic E-state index is -1.05. The maximum atomic E-state index is 12.4. The van der Waals surface area contributed by atoms with Crippen molar-refractivity contribution in [1.82, 2.24) is 16.0 Å². The van der Waals surface area contributed by atoms with Crippen molar-refractivity contribution in [2.45, 2.75) is 89.5 Å². The fourth-order valence-corrected chi connectivity index (χ4v) is 3.79. The molecule has 0 aliphatic carbocycles. The molecule has 0 aromatic rings. The van der Waals surface area contributed by atoms with Crippen molar-refractivity contribution in [3.63, 3.8) is 0 Å². The van der Waals surface area contributed by atoms with Gasteiger partial charge in [0.15, 0.2) is 5.84 Å². The van der Waals surface area contributed by atoms with E-state index < -0.39 is 30.2 Å². The van der Waals surface area contributed by atoms with Crippen LogP contribution in [0.5, 0.6) is 0 Å². The fourth-order valence-electron chi connectivity index (χ4n) is 3.79. The molecule has 0 spiro atoms. The zero-order valence-electron chi connectivity index (χ0n) is 22.6. The van der Waals surface area contributed by atoms with Gasteiger partial charge < -0.3 is 10.2 Å². The molecule has 4 atom stereocenters. The summed E-state index contributed by atoms with van der Waals surface area (Å²) in [6.45, 7) is 3.78. The molecule has 38 heavy (non-hydrogen) atoms. The van der Waals surface area contributed by atoms with E-state index in [1.54, 1.807) is 0 Å². The number of fused-ring (bicyclic) bond motifs is 1. The predicted molar refractivity (Wildman–Crippen MR) is 153 cm³/mol. The van der Waals surface area contributed by atoms with Crippen LogP contribution in [0.1, 0.15) is 65.2 Å². The first-order valence-corrected chi connectivity index (χ1v) is 13.5. The summed E-state index contributed by atoms with van der Waals surface area (Å²) in [5.74, 6) is -0.352. The highest BCUT2D eigenvalue weighted by molar-refractivity contribution is 6.21. The van der Waals surface area contributed by atoms with E-state index in [1.165, 1.54) is 6.92 Å². The molecule has 0 fully saturated rings. The third-order valence-electron chi connectivity index (χ3n) is 5.92. The number of guanidine groups is 1. The van der Waals surface area contributed by atoms with Gasteiger partial charge in [0, 0.05) is 6.42 Å². The van der Waals surface area contributed by atoms with Gasteiger partial charge in [-0.1, -0.05) is 67.7 Å². The summed E-state index contributed by atoms with van der Waals surface area (Å²) in [6.07, 6.45) is 26.1. The molecule has 0 saturated heterocycles. The van der Waals surface area contributed by atoms with Crippen LogP contribution in [-0.2, 0) is 9.59 Å². The smallest absolute Gasteiger partial charge is 0.251 e. The van der Waals surface area contributed by atoms with Crippen molar-refractivity contribution < 1.29 is 19.8 Å². The van der Waals surface area contributed by atoms with Gasteiger partial charge >= 0.3 is 0 Å². The van der Waals surface area contributed by atoms with Gasteiger partial charge in [0.05, 0.1) is 24.8 Å². The normalized spacial score (nSPS) is 21.7. The van der Waals surface area contributed by atoms with Crippen LogP contribution in [0.25, 0.3) is 0 Å². The molecule has 0 bridgehead atoms. The molecule has 5 N–H and O–H groups in total. The van der Waals surface area contributed by atoms with Crippen molar-refractivity contribution in [2.24, 2.45) is 9.98 Å². The van der Waals surface area contributed by atoms with Crippen molar-refractivity contribution >= 4 is 23.6 Å². The average Bonchev–Trinajstić information content (AvgIpc) is 2.89. The number of hydrogen-bond donors (Lipinski definition) is 5. The van der Waals surface area contributed by atoms with Gasteiger partial charge in [0.25, 0.3) is 5.91 Å². The molecule has 9 nitrogen and oxygen atoms in total. The Labute approximate surface area is 226 Å². The number of nitrogens with one attached hydrogen (secondary N) is 3. The minimum absolute atomic E-state index is 0.0567. The number of hydrogen-bond acceptors (Lipinski definition) is 7. The average molecular weight is 526 g/mol. The molecule has 2 aliphatic rings. The highest BCUT2D eigenvalue weighted by atomic mass is 16.3. The van der Waals surface area contributed by atoms with E-state index in [-0.39, 0.29) is 24.2 Å². The number of nitrogens with zero attached hydrogens (tertiary/aromatic N) is 2. The van der Waals surface area contributed by atoms with E-state index in [2.05, 4.69) is 93.6 Å². The fraction of sp³-hybridized carbons (Fsp3) is 0.517. The van der Waals surface area contributed by atoms with Gasteiger partial charge in [-0.05, 0) is 51.9 Å². The predicted octanol–water partition coefficient (Wildman–Crippen LogP) is 2.99. The van der Waals surface area contributed by atoms with E-state index in [0.29, 0.717) is 12.8 Å². The molecule has 2 heterocycles. The Balaban J connectivity index is 1.59. The standard InChI is InChI=1S/C29H43N5O4/c1-3-4-5-6-7-8-9-10-11-12-13-14-15-16-17-18-19-20-24(36)32-29-33-27-25(28(38)34-29)31-23(21-30-27)26(37)22(2)35/h4-5,7-8,10-11,13-14,16-17,22-23,25-26,31,35,37H,3,6,9,12,15,18-21H2,1-2H3,(H2,30,32,33,34,36,38)/t22-,23+,25?,26-/m0/s1. The number of aliphatic hydroxyl groups excluding tert-OH is 2. The molecule has 2 rings (SSSR count). The molecule has 2 amide bonds. The molecule has 0 radical (unpaired) electrons. The van der Waals surface area contributed by atoms with Crippen LogP contribution < -0.4 is 16.0 Å². The quantitative estimate of drug-likeness (QED) is 0.165. The van der Waals surface area contributed by atoms with Crippen molar-refractivity contribution in [3.05, 3.63) is 60.8 Å². The number of amidine groups is 1. The van der Waals surface area contributed by atoms with Crippen molar-refractivity contribution in [1.29, 1.82) is 0 Å². The first-order chi connectivity index (χ1) is 18.4. The molecular weight excluding hydrogens is 482 g/mol.